The molecule has 1 amide bonds. The van der Waals surface area contributed by atoms with Crippen molar-refractivity contribution in [1.82, 2.24) is 5.32 Å². The molecule has 1 fully saturated rings. The number of allylic oxidation sites excluding steroid dienone is 6. The third-order valence-corrected chi connectivity index (χ3v) is 14.6. The summed E-state index contributed by atoms with van der Waals surface area (Å²) in [5, 5.41) is 76.2. The van der Waals surface area contributed by atoms with E-state index in [1.807, 2.05) is 0 Å². The van der Waals surface area contributed by atoms with Gasteiger partial charge in [0.05, 0.1) is 25.4 Å². The molecular weight excluding hydrogens is 907 g/mol. The molecule has 1 rings (SSSR count). The van der Waals surface area contributed by atoms with Crippen molar-refractivity contribution in [2.75, 3.05) is 13.2 Å². The molecule has 1 heterocycles. The van der Waals surface area contributed by atoms with Crippen molar-refractivity contribution < 1.29 is 50.0 Å². The highest BCUT2D eigenvalue weighted by molar-refractivity contribution is 5.80. The molecule has 0 aromatic heterocycles. The fourth-order valence-electron chi connectivity index (χ4n) is 9.69. The summed E-state index contributed by atoms with van der Waals surface area (Å²) in [5.41, 5.74) is 0. The summed E-state index contributed by atoms with van der Waals surface area (Å²) >= 11 is 0. The fraction of sp³-hybridized carbons (Fsp3) is 0.885. The number of rotatable bonds is 52. The largest absolute Gasteiger partial charge is 0.394 e. The first-order valence-corrected chi connectivity index (χ1v) is 30.4. The topological polar surface area (TPSA) is 189 Å². The molecule has 0 bridgehead atoms. The number of aliphatic hydroxyl groups is 7. The van der Waals surface area contributed by atoms with E-state index in [4.69, 9.17) is 9.47 Å². The molecule has 8 N–H and O–H groups in total. The van der Waals surface area contributed by atoms with Gasteiger partial charge in [-0.05, 0) is 77.0 Å². The number of nitrogens with one attached hydrogen (secondary N) is 1. The number of hydrogen-bond acceptors (Lipinski definition) is 10. The Morgan fingerprint density at radius 3 is 1.24 bits per heavy atom. The lowest BCUT2D eigenvalue weighted by molar-refractivity contribution is -0.303. The van der Waals surface area contributed by atoms with Crippen molar-refractivity contribution in [3.63, 3.8) is 0 Å². The molecule has 72 heavy (non-hydrogen) atoms. The average Bonchev–Trinajstić information content (AvgIpc) is 3.38. The zero-order chi connectivity index (χ0) is 52.5. The van der Waals surface area contributed by atoms with Crippen LogP contribution in [0.1, 0.15) is 277 Å². The third kappa shape index (κ3) is 38.0. The fourth-order valence-corrected chi connectivity index (χ4v) is 9.69. The van der Waals surface area contributed by atoms with Crippen molar-refractivity contribution >= 4 is 5.91 Å². The number of hydrogen-bond donors (Lipinski definition) is 8. The summed E-state index contributed by atoms with van der Waals surface area (Å²) in [6.07, 6.45) is 50.6. The molecule has 0 saturated carbocycles. The Kier molecular flexibility index (Phi) is 47.6. The Morgan fingerprint density at radius 1 is 0.472 bits per heavy atom. The highest BCUT2D eigenvalue weighted by Gasteiger charge is 2.44. The van der Waals surface area contributed by atoms with Crippen LogP contribution in [0, 0.1) is 0 Å². The lowest BCUT2D eigenvalue weighted by Crippen LogP contribution is -2.60. The molecule has 1 aliphatic rings. The van der Waals surface area contributed by atoms with Gasteiger partial charge in [-0.15, -0.1) is 0 Å². The summed E-state index contributed by atoms with van der Waals surface area (Å²) in [5.74, 6) is -0.709. The van der Waals surface area contributed by atoms with Gasteiger partial charge in [-0.2, -0.15) is 0 Å². The predicted octanol–water partition coefficient (Wildman–Crippen LogP) is 13.1. The van der Waals surface area contributed by atoms with Gasteiger partial charge < -0.3 is 50.5 Å². The Bertz CT molecular complexity index is 1260. The number of ether oxygens (including phenoxy) is 2. The maximum Gasteiger partial charge on any atom is 0.249 e. The van der Waals surface area contributed by atoms with E-state index in [1.54, 1.807) is 0 Å². The van der Waals surface area contributed by atoms with Gasteiger partial charge in [0.25, 0.3) is 0 Å². The molecule has 0 aromatic rings. The van der Waals surface area contributed by atoms with Crippen LogP contribution in [-0.4, -0.2) is 110 Å². The van der Waals surface area contributed by atoms with Crippen molar-refractivity contribution in [1.29, 1.82) is 0 Å². The van der Waals surface area contributed by atoms with Crippen LogP contribution < -0.4 is 5.32 Å². The first kappa shape index (κ1) is 68.3. The van der Waals surface area contributed by atoms with Gasteiger partial charge in [-0.1, -0.05) is 237 Å². The van der Waals surface area contributed by atoms with Crippen molar-refractivity contribution in [2.24, 2.45) is 0 Å². The lowest BCUT2D eigenvalue weighted by Gasteiger charge is -2.40. The highest BCUT2D eigenvalue weighted by atomic mass is 16.7. The summed E-state index contributed by atoms with van der Waals surface area (Å²) in [7, 11) is 0. The number of unbranched alkanes of at least 4 members (excludes halogenated alkanes) is 34. The molecule has 0 radical (unpaired) electrons. The van der Waals surface area contributed by atoms with Crippen LogP contribution in [0.2, 0.25) is 0 Å². The summed E-state index contributed by atoms with van der Waals surface area (Å²) < 4.78 is 11.1. The molecule has 11 heteroatoms. The molecule has 0 aliphatic carbocycles. The van der Waals surface area contributed by atoms with Gasteiger partial charge in [0.1, 0.15) is 36.6 Å². The smallest absolute Gasteiger partial charge is 0.249 e. The SMILES string of the molecule is CCCCCCCCCCCC/C=C/CC/C=C/CCCC(O)C(O)C(COC1OC(CO)C(O)C(O)C1O)NC(=O)C(O)CCCCCCCCCCCC/C=C\CCCCCCCCCCCCCC. The summed E-state index contributed by atoms with van der Waals surface area (Å²) in [6.45, 7) is 3.46. The summed E-state index contributed by atoms with van der Waals surface area (Å²) in [6, 6.07) is -1.19. The quantitative estimate of drug-likeness (QED) is 0.0215. The Balaban J connectivity index is 2.30. The Morgan fingerprint density at radius 2 is 0.833 bits per heavy atom. The zero-order valence-electron chi connectivity index (χ0n) is 46.4. The Labute approximate surface area is 441 Å². The highest BCUT2D eigenvalue weighted by Crippen LogP contribution is 2.23. The molecule has 0 aromatic carbocycles. The van der Waals surface area contributed by atoms with Gasteiger partial charge in [-0.25, -0.2) is 0 Å². The van der Waals surface area contributed by atoms with Crippen LogP contribution in [0.5, 0.6) is 0 Å². The van der Waals surface area contributed by atoms with E-state index in [-0.39, 0.29) is 12.8 Å². The van der Waals surface area contributed by atoms with Crippen LogP contribution >= 0.6 is 0 Å². The van der Waals surface area contributed by atoms with Crippen molar-refractivity contribution in [3.8, 4) is 0 Å². The molecule has 9 unspecified atom stereocenters. The maximum atomic E-state index is 13.2. The number of carbonyl (C=O) groups excluding carboxylic acids is 1. The minimum Gasteiger partial charge on any atom is -0.394 e. The number of aliphatic hydroxyl groups excluding tert-OH is 7. The molecule has 1 aliphatic heterocycles. The number of carbonyl (C=O) groups is 1. The van der Waals surface area contributed by atoms with E-state index in [9.17, 15) is 40.5 Å². The first-order chi connectivity index (χ1) is 35.2. The van der Waals surface area contributed by atoms with E-state index in [1.165, 1.54) is 193 Å². The molecule has 1 saturated heterocycles. The van der Waals surface area contributed by atoms with Gasteiger partial charge in [0.15, 0.2) is 6.29 Å². The van der Waals surface area contributed by atoms with Crippen LogP contribution in [-0.2, 0) is 14.3 Å². The zero-order valence-corrected chi connectivity index (χ0v) is 46.4. The molecule has 9 atom stereocenters. The third-order valence-electron chi connectivity index (χ3n) is 14.6. The van der Waals surface area contributed by atoms with E-state index in [2.05, 4.69) is 55.6 Å². The van der Waals surface area contributed by atoms with Crippen LogP contribution in [0.25, 0.3) is 0 Å². The Hall–Kier alpha value is -1.67. The minimum absolute atomic E-state index is 0.246. The van der Waals surface area contributed by atoms with Gasteiger partial charge in [0.2, 0.25) is 5.91 Å². The van der Waals surface area contributed by atoms with E-state index < -0.39 is 74.2 Å². The maximum absolute atomic E-state index is 13.2. The van der Waals surface area contributed by atoms with Crippen LogP contribution in [0.15, 0.2) is 36.5 Å². The van der Waals surface area contributed by atoms with E-state index >= 15 is 0 Å². The summed E-state index contributed by atoms with van der Waals surface area (Å²) in [4.78, 5) is 13.2. The van der Waals surface area contributed by atoms with Crippen molar-refractivity contribution in [2.45, 2.75) is 332 Å². The minimum atomic E-state index is -1.67. The van der Waals surface area contributed by atoms with Gasteiger partial charge >= 0.3 is 0 Å². The molecular formula is C61H115NO10. The van der Waals surface area contributed by atoms with Gasteiger partial charge in [-0.3, -0.25) is 4.79 Å². The predicted molar refractivity (Wildman–Crippen MR) is 298 cm³/mol. The van der Waals surface area contributed by atoms with Crippen LogP contribution in [0.3, 0.4) is 0 Å². The van der Waals surface area contributed by atoms with Gasteiger partial charge in [0, 0.05) is 0 Å². The van der Waals surface area contributed by atoms with Crippen LogP contribution in [0.4, 0.5) is 0 Å². The van der Waals surface area contributed by atoms with E-state index in [0.717, 1.165) is 38.5 Å². The molecule has 424 valence electrons. The van der Waals surface area contributed by atoms with E-state index in [0.29, 0.717) is 19.3 Å². The lowest BCUT2D eigenvalue weighted by atomic mass is 9.98. The first-order valence-electron chi connectivity index (χ1n) is 30.4. The normalized spacial score (nSPS) is 20.3. The molecule has 11 nitrogen and oxygen atoms in total. The second kappa shape index (κ2) is 50.2. The second-order valence-electron chi connectivity index (χ2n) is 21.4. The second-order valence-corrected chi connectivity index (χ2v) is 21.4. The number of amides is 1. The van der Waals surface area contributed by atoms with Crippen molar-refractivity contribution in [3.05, 3.63) is 36.5 Å². The average molecular weight is 1020 g/mol. The molecule has 0 spiro atoms. The monoisotopic (exact) mass is 1020 g/mol. The standard InChI is InChI=1S/C61H115NO10/c1-3-5-7-9-11-13-15-17-19-21-23-24-25-26-27-28-29-31-33-35-37-39-41-43-45-47-49-54(65)60(70)62-52(51-71-61-59(69)58(68)57(67)55(50-63)72-61)56(66)53(64)48-46-44-42-40-38-36-34-32-30-22-20-18-16-14-12-10-8-6-4-2/h26-27,32,34,40,42,52-59,61,63-69H,3-25,28-31,33,35-39,41,43-51H2,1-2H3,(H,62,70)/b27-26-,34-32+,42-40+.